The summed E-state index contributed by atoms with van der Waals surface area (Å²) in [7, 11) is 3.52. The number of amides is 2. The van der Waals surface area contributed by atoms with Gasteiger partial charge in [-0.1, -0.05) is 39.0 Å². The minimum atomic E-state index is -0.172. The molecule has 1 aliphatic rings. The molecule has 1 aromatic heterocycles. The lowest BCUT2D eigenvalue weighted by atomic mass is 9.72. The maximum absolute atomic E-state index is 12.9. The molecule has 1 N–H and O–H groups in total. The quantitative estimate of drug-likeness (QED) is 0.822. The van der Waals surface area contributed by atoms with Crippen LogP contribution < -0.4 is 5.32 Å². The Morgan fingerprint density at radius 1 is 1.15 bits per heavy atom. The molecular formula is C22H28N2O2S. The zero-order valence-corrected chi connectivity index (χ0v) is 17.6. The van der Waals surface area contributed by atoms with E-state index in [1.54, 1.807) is 42.5 Å². The molecule has 0 fully saturated rings. The van der Waals surface area contributed by atoms with Crippen LogP contribution in [-0.4, -0.2) is 30.8 Å². The highest BCUT2D eigenvalue weighted by Crippen LogP contribution is 2.44. The molecule has 5 heteroatoms. The Labute approximate surface area is 165 Å². The van der Waals surface area contributed by atoms with E-state index in [4.69, 9.17) is 0 Å². The Balaban J connectivity index is 1.97. The number of carbonyl (C=O) groups excluding carboxylic acids is 2. The molecule has 4 nitrogen and oxygen atoms in total. The van der Waals surface area contributed by atoms with Gasteiger partial charge in [0.2, 0.25) is 0 Å². The van der Waals surface area contributed by atoms with Crippen molar-refractivity contribution in [1.29, 1.82) is 0 Å². The Bertz CT molecular complexity index is 847. The van der Waals surface area contributed by atoms with Gasteiger partial charge in [-0.15, -0.1) is 11.3 Å². The molecule has 0 spiro atoms. The molecule has 0 radical (unpaired) electrons. The lowest BCUT2D eigenvalue weighted by Gasteiger charge is -2.34. The smallest absolute Gasteiger partial charge is 0.256 e. The predicted octanol–water partition coefficient (Wildman–Crippen LogP) is 4.85. The molecule has 0 unspecified atom stereocenters. The highest BCUT2D eigenvalue weighted by molar-refractivity contribution is 7.17. The molecule has 1 aromatic carbocycles. The number of benzene rings is 1. The van der Waals surface area contributed by atoms with Crippen LogP contribution in [0.15, 0.2) is 30.3 Å². The van der Waals surface area contributed by atoms with E-state index in [1.807, 2.05) is 18.2 Å². The van der Waals surface area contributed by atoms with Gasteiger partial charge < -0.3 is 10.2 Å². The normalized spacial score (nSPS) is 16.6. The number of carbonyl (C=O) groups is 2. The van der Waals surface area contributed by atoms with E-state index in [1.165, 1.54) is 4.88 Å². The number of nitrogens with zero attached hydrogens (tertiary/aromatic N) is 1. The van der Waals surface area contributed by atoms with Gasteiger partial charge in [-0.05, 0) is 48.3 Å². The summed E-state index contributed by atoms with van der Waals surface area (Å²) in [5.41, 5.74) is 2.64. The number of rotatable bonds is 3. The first-order chi connectivity index (χ1) is 12.7. The molecule has 0 aliphatic heterocycles. The lowest BCUT2D eigenvalue weighted by molar-refractivity contribution is 0.0827. The van der Waals surface area contributed by atoms with Gasteiger partial charge >= 0.3 is 0 Å². The third-order valence-electron chi connectivity index (χ3n) is 5.37. The molecule has 3 rings (SSSR count). The van der Waals surface area contributed by atoms with Gasteiger partial charge in [0.05, 0.1) is 5.56 Å². The monoisotopic (exact) mass is 384 g/mol. The average Bonchev–Trinajstić information content (AvgIpc) is 2.97. The standard InChI is InChI=1S/C22H28N2O2S/c1-22(2,3)15-11-12-16-17(13-15)27-20(18(16)21(26)24(4)5)23-19(25)14-9-7-6-8-10-14/h6-10,15H,11-13H2,1-5H3,(H,23,25)/t15-/m0/s1. The van der Waals surface area contributed by atoms with E-state index in [9.17, 15) is 9.59 Å². The van der Waals surface area contributed by atoms with Crippen LogP contribution in [0, 0.1) is 11.3 Å². The first-order valence-corrected chi connectivity index (χ1v) is 10.2. The van der Waals surface area contributed by atoms with Crippen molar-refractivity contribution in [2.24, 2.45) is 11.3 Å². The molecule has 2 amide bonds. The molecule has 27 heavy (non-hydrogen) atoms. The first kappa shape index (κ1) is 19.6. The van der Waals surface area contributed by atoms with E-state index < -0.39 is 0 Å². The summed E-state index contributed by atoms with van der Waals surface area (Å²) in [5.74, 6) is 0.378. The summed E-state index contributed by atoms with van der Waals surface area (Å²) in [6, 6.07) is 9.13. The fourth-order valence-electron chi connectivity index (χ4n) is 3.63. The van der Waals surface area contributed by atoms with Gasteiger partial charge in [-0.2, -0.15) is 0 Å². The second kappa shape index (κ2) is 7.47. The second-order valence-electron chi connectivity index (χ2n) is 8.53. The van der Waals surface area contributed by atoms with Crippen LogP contribution in [0.5, 0.6) is 0 Å². The van der Waals surface area contributed by atoms with Gasteiger partial charge in [-0.25, -0.2) is 0 Å². The van der Waals surface area contributed by atoms with Crippen LogP contribution in [0.1, 0.15) is 58.3 Å². The molecule has 1 heterocycles. The molecule has 0 bridgehead atoms. The second-order valence-corrected chi connectivity index (χ2v) is 9.64. The third-order valence-corrected chi connectivity index (χ3v) is 6.54. The minimum Gasteiger partial charge on any atom is -0.345 e. The summed E-state index contributed by atoms with van der Waals surface area (Å²) in [6.07, 6.45) is 2.94. The fourth-order valence-corrected chi connectivity index (χ4v) is 4.94. The number of hydrogen-bond acceptors (Lipinski definition) is 3. The molecule has 0 saturated carbocycles. The number of fused-ring (bicyclic) bond motifs is 1. The SMILES string of the molecule is CN(C)C(=O)c1c(NC(=O)c2ccccc2)sc2c1CC[C@H](C(C)(C)C)C2. The molecule has 0 saturated heterocycles. The molecular weight excluding hydrogens is 356 g/mol. The number of thiophene rings is 1. The van der Waals surface area contributed by atoms with Gasteiger partial charge in [0.15, 0.2) is 0 Å². The lowest BCUT2D eigenvalue weighted by Crippen LogP contribution is -2.28. The average molecular weight is 385 g/mol. The minimum absolute atomic E-state index is 0.0370. The van der Waals surface area contributed by atoms with Crippen LogP contribution in [0.4, 0.5) is 5.00 Å². The van der Waals surface area contributed by atoms with Crippen molar-refractivity contribution >= 4 is 28.2 Å². The Morgan fingerprint density at radius 3 is 2.41 bits per heavy atom. The van der Waals surface area contributed by atoms with E-state index in [2.05, 4.69) is 26.1 Å². The fraction of sp³-hybridized carbons (Fsp3) is 0.455. The van der Waals surface area contributed by atoms with E-state index in [0.717, 1.165) is 24.8 Å². The van der Waals surface area contributed by atoms with Gasteiger partial charge in [-0.3, -0.25) is 9.59 Å². The number of anilines is 1. The molecule has 144 valence electrons. The zero-order valence-electron chi connectivity index (χ0n) is 16.8. The summed E-state index contributed by atoms with van der Waals surface area (Å²) in [4.78, 5) is 28.4. The highest BCUT2D eigenvalue weighted by atomic mass is 32.1. The Kier molecular flexibility index (Phi) is 5.43. The van der Waals surface area contributed by atoms with Crippen molar-refractivity contribution in [3.05, 3.63) is 51.9 Å². The van der Waals surface area contributed by atoms with Crippen molar-refractivity contribution in [2.75, 3.05) is 19.4 Å². The summed E-state index contributed by atoms with van der Waals surface area (Å²) in [6.45, 7) is 6.83. The van der Waals surface area contributed by atoms with Crippen LogP contribution in [0.3, 0.4) is 0 Å². The van der Waals surface area contributed by atoms with Crippen LogP contribution in [0.2, 0.25) is 0 Å². The van der Waals surface area contributed by atoms with Crippen molar-refractivity contribution in [1.82, 2.24) is 4.90 Å². The first-order valence-electron chi connectivity index (χ1n) is 9.41. The van der Waals surface area contributed by atoms with Crippen LogP contribution in [0.25, 0.3) is 0 Å². The maximum atomic E-state index is 12.9. The summed E-state index contributed by atoms with van der Waals surface area (Å²) in [5, 5.41) is 3.69. The third kappa shape index (κ3) is 4.08. The largest absolute Gasteiger partial charge is 0.345 e. The van der Waals surface area contributed by atoms with Crippen molar-refractivity contribution in [2.45, 2.75) is 40.0 Å². The van der Waals surface area contributed by atoms with Crippen LogP contribution in [-0.2, 0) is 12.8 Å². The summed E-state index contributed by atoms with van der Waals surface area (Å²) < 4.78 is 0. The Hall–Kier alpha value is -2.14. The predicted molar refractivity (Wildman–Crippen MR) is 112 cm³/mol. The Morgan fingerprint density at radius 2 is 1.81 bits per heavy atom. The van der Waals surface area contributed by atoms with Crippen molar-refractivity contribution in [3.63, 3.8) is 0 Å². The van der Waals surface area contributed by atoms with E-state index in [-0.39, 0.29) is 17.2 Å². The van der Waals surface area contributed by atoms with Crippen molar-refractivity contribution in [3.8, 4) is 0 Å². The zero-order chi connectivity index (χ0) is 19.8. The molecule has 2 aromatic rings. The highest BCUT2D eigenvalue weighted by Gasteiger charge is 2.34. The number of hydrogen-bond donors (Lipinski definition) is 1. The molecule has 1 aliphatic carbocycles. The van der Waals surface area contributed by atoms with E-state index >= 15 is 0 Å². The van der Waals surface area contributed by atoms with E-state index in [0.29, 0.717) is 22.0 Å². The maximum Gasteiger partial charge on any atom is 0.256 e. The van der Waals surface area contributed by atoms with Gasteiger partial charge in [0.1, 0.15) is 5.00 Å². The summed E-state index contributed by atoms with van der Waals surface area (Å²) >= 11 is 1.57. The van der Waals surface area contributed by atoms with Gasteiger partial charge in [0.25, 0.3) is 11.8 Å². The number of nitrogens with one attached hydrogen (secondary N) is 1. The van der Waals surface area contributed by atoms with Crippen molar-refractivity contribution < 1.29 is 9.59 Å². The topological polar surface area (TPSA) is 49.4 Å². The van der Waals surface area contributed by atoms with Crippen LogP contribution >= 0.6 is 11.3 Å². The van der Waals surface area contributed by atoms with Gasteiger partial charge in [0, 0.05) is 24.5 Å². The molecule has 1 atom stereocenters.